The van der Waals surface area contributed by atoms with Crippen molar-refractivity contribution in [2.45, 2.75) is 6.92 Å². The summed E-state index contributed by atoms with van der Waals surface area (Å²) in [5.41, 5.74) is -0.708. The Bertz CT molecular complexity index is 117. The molecule has 14 heavy (non-hydrogen) atoms. The summed E-state index contributed by atoms with van der Waals surface area (Å²) in [4.78, 5) is 0. The van der Waals surface area contributed by atoms with Crippen LogP contribution in [0.5, 0.6) is 0 Å². The minimum absolute atomic E-state index is 0.0144. The Labute approximate surface area is 83.9 Å². The minimum Gasteiger partial charge on any atom is -0.396 e. The lowest BCUT2D eigenvalue weighted by atomic mass is 9.95. The molecule has 0 aromatic rings. The highest BCUT2D eigenvalue weighted by Gasteiger charge is 2.20. The molecule has 0 aliphatic carbocycles. The van der Waals surface area contributed by atoms with Gasteiger partial charge >= 0.3 is 0 Å². The third-order valence-electron chi connectivity index (χ3n) is 1.52. The van der Waals surface area contributed by atoms with Gasteiger partial charge in [0.2, 0.25) is 0 Å². The summed E-state index contributed by atoms with van der Waals surface area (Å²) < 4.78 is 0. The second-order valence-electron chi connectivity index (χ2n) is 3.12. The van der Waals surface area contributed by atoms with Crippen molar-refractivity contribution in [1.29, 1.82) is 0 Å². The van der Waals surface area contributed by atoms with Crippen LogP contribution in [0.25, 0.3) is 0 Å². The molecular weight excluding hydrogens is 188 g/mol. The fourth-order valence-electron chi connectivity index (χ4n) is 0.299. The maximum absolute atomic E-state index is 8.47. The molecule has 86 valence electrons. The van der Waals surface area contributed by atoms with E-state index in [1.165, 1.54) is 12.2 Å². The minimum atomic E-state index is -0.708. The van der Waals surface area contributed by atoms with Crippen molar-refractivity contribution >= 4 is 0 Å². The zero-order valence-corrected chi connectivity index (χ0v) is 8.43. The monoisotopic (exact) mass is 208 g/mol. The van der Waals surface area contributed by atoms with Crippen LogP contribution in [0.15, 0.2) is 12.2 Å². The summed E-state index contributed by atoms with van der Waals surface area (Å²) in [5, 5.41) is 41.4. The van der Waals surface area contributed by atoms with E-state index in [0.717, 1.165) is 0 Å². The topological polar surface area (TPSA) is 101 Å². The van der Waals surface area contributed by atoms with Gasteiger partial charge in [-0.1, -0.05) is 19.1 Å². The summed E-state index contributed by atoms with van der Waals surface area (Å²) in [5.74, 6) is 0. The lowest BCUT2D eigenvalue weighted by Crippen LogP contribution is -2.29. The fourth-order valence-corrected chi connectivity index (χ4v) is 0.299. The van der Waals surface area contributed by atoms with Crippen molar-refractivity contribution in [3.05, 3.63) is 12.2 Å². The largest absolute Gasteiger partial charge is 0.396 e. The van der Waals surface area contributed by atoms with Gasteiger partial charge in [-0.15, -0.1) is 0 Å². The molecule has 0 heterocycles. The molecule has 0 fully saturated rings. The summed E-state index contributed by atoms with van der Waals surface area (Å²) >= 11 is 0. The zero-order valence-electron chi connectivity index (χ0n) is 8.43. The average molecular weight is 208 g/mol. The molecule has 0 amide bonds. The van der Waals surface area contributed by atoms with E-state index >= 15 is 0 Å². The highest BCUT2D eigenvalue weighted by Crippen LogP contribution is 2.10. The fraction of sp³-hybridized carbons (Fsp3) is 0.778. The predicted molar refractivity (Wildman–Crippen MR) is 52.7 cm³/mol. The third kappa shape index (κ3) is 9.63. The number of aliphatic hydroxyl groups excluding tert-OH is 5. The van der Waals surface area contributed by atoms with E-state index in [4.69, 9.17) is 25.5 Å². The van der Waals surface area contributed by atoms with Gasteiger partial charge in [0.15, 0.2) is 0 Å². The average Bonchev–Trinajstić information content (AvgIpc) is 2.26. The number of rotatable bonds is 5. The second kappa shape index (κ2) is 10.6. The van der Waals surface area contributed by atoms with Crippen molar-refractivity contribution in [2.75, 3.05) is 33.0 Å². The molecule has 5 N–H and O–H groups in total. The van der Waals surface area contributed by atoms with Crippen LogP contribution in [0.3, 0.4) is 0 Å². The van der Waals surface area contributed by atoms with Crippen LogP contribution in [-0.2, 0) is 0 Å². The van der Waals surface area contributed by atoms with E-state index in [1.807, 2.05) is 0 Å². The molecule has 0 unspecified atom stereocenters. The zero-order chi connectivity index (χ0) is 11.4. The molecule has 0 aromatic heterocycles. The Morgan fingerprint density at radius 3 is 1.14 bits per heavy atom. The Hall–Kier alpha value is -0.460. The standard InChI is InChI=1S/C5H12O3.C4H8O2/c1-5(2-6,3-7)4-8;5-3-1-2-4-6/h6-8H,2-4H2,1H3;1-2,5-6H,3-4H2/b;2-1+. The van der Waals surface area contributed by atoms with Crippen LogP contribution in [0, 0.1) is 5.41 Å². The van der Waals surface area contributed by atoms with Crippen LogP contribution in [0.1, 0.15) is 6.92 Å². The smallest absolute Gasteiger partial charge is 0.0613 e. The van der Waals surface area contributed by atoms with Crippen molar-refractivity contribution in [3.63, 3.8) is 0 Å². The van der Waals surface area contributed by atoms with E-state index in [2.05, 4.69) is 0 Å². The van der Waals surface area contributed by atoms with Crippen molar-refractivity contribution in [2.24, 2.45) is 5.41 Å². The third-order valence-corrected chi connectivity index (χ3v) is 1.52. The van der Waals surface area contributed by atoms with Crippen molar-refractivity contribution in [3.8, 4) is 0 Å². The summed E-state index contributed by atoms with van der Waals surface area (Å²) in [6.07, 6.45) is 2.97. The molecule has 0 aliphatic heterocycles. The Kier molecular flexibility index (Phi) is 12.1. The van der Waals surface area contributed by atoms with Crippen LogP contribution in [0.2, 0.25) is 0 Å². The molecule has 0 bridgehead atoms. The van der Waals surface area contributed by atoms with E-state index < -0.39 is 5.41 Å². The van der Waals surface area contributed by atoms with E-state index in [-0.39, 0.29) is 33.0 Å². The highest BCUT2D eigenvalue weighted by atomic mass is 16.3. The SMILES string of the molecule is CC(CO)(CO)CO.OC/C=C/CO. The lowest BCUT2D eigenvalue weighted by molar-refractivity contribution is 0.0200. The van der Waals surface area contributed by atoms with Gasteiger partial charge in [0.25, 0.3) is 0 Å². The molecule has 0 aliphatic rings. The molecular formula is C9H20O5. The van der Waals surface area contributed by atoms with Crippen LogP contribution in [0.4, 0.5) is 0 Å². The van der Waals surface area contributed by atoms with E-state index in [1.54, 1.807) is 6.92 Å². The van der Waals surface area contributed by atoms with Crippen molar-refractivity contribution < 1.29 is 25.5 Å². The molecule has 0 spiro atoms. The Morgan fingerprint density at radius 2 is 1.07 bits per heavy atom. The molecule has 0 aromatic carbocycles. The van der Waals surface area contributed by atoms with Crippen LogP contribution in [-0.4, -0.2) is 58.6 Å². The number of hydrogen-bond donors (Lipinski definition) is 5. The molecule has 5 nitrogen and oxygen atoms in total. The number of aliphatic hydroxyl groups is 5. The lowest BCUT2D eigenvalue weighted by Gasteiger charge is -2.20. The van der Waals surface area contributed by atoms with E-state index in [0.29, 0.717) is 0 Å². The van der Waals surface area contributed by atoms with Gasteiger partial charge in [0.1, 0.15) is 0 Å². The predicted octanol–water partition coefficient (Wildman–Crippen LogP) is -1.50. The first-order valence-electron chi connectivity index (χ1n) is 4.29. The first-order valence-corrected chi connectivity index (χ1v) is 4.29. The van der Waals surface area contributed by atoms with Gasteiger partial charge in [-0.25, -0.2) is 0 Å². The highest BCUT2D eigenvalue weighted by molar-refractivity contribution is 4.78. The number of hydrogen-bond acceptors (Lipinski definition) is 5. The van der Waals surface area contributed by atoms with Gasteiger partial charge in [-0.05, 0) is 0 Å². The maximum Gasteiger partial charge on any atom is 0.0613 e. The normalized spacial score (nSPS) is 11.3. The van der Waals surface area contributed by atoms with Crippen LogP contribution < -0.4 is 0 Å². The Morgan fingerprint density at radius 1 is 0.786 bits per heavy atom. The summed E-state index contributed by atoms with van der Waals surface area (Å²) in [6.45, 7) is 1.09. The molecule has 0 radical (unpaired) electrons. The van der Waals surface area contributed by atoms with Gasteiger partial charge in [-0.3, -0.25) is 0 Å². The first kappa shape index (κ1) is 16.0. The van der Waals surface area contributed by atoms with Gasteiger partial charge in [0, 0.05) is 5.41 Å². The Balaban J connectivity index is 0. The molecule has 0 saturated heterocycles. The second-order valence-corrected chi connectivity index (χ2v) is 3.12. The molecule has 0 saturated carbocycles. The van der Waals surface area contributed by atoms with Crippen LogP contribution >= 0.6 is 0 Å². The molecule has 0 rings (SSSR count). The van der Waals surface area contributed by atoms with Gasteiger partial charge in [-0.2, -0.15) is 0 Å². The van der Waals surface area contributed by atoms with Crippen molar-refractivity contribution in [1.82, 2.24) is 0 Å². The maximum atomic E-state index is 8.47. The van der Waals surface area contributed by atoms with E-state index in [9.17, 15) is 0 Å². The quantitative estimate of drug-likeness (QED) is 0.354. The molecule has 0 atom stereocenters. The first-order chi connectivity index (χ1) is 6.60. The van der Waals surface area contributed by atoms with Gasteiger partial charge in [0.05, 0.1) is 33.0 Å². The van der Waals surface area contributed by atoms with Gasteiger partial charge < -0.3 is 25.5 Å². The summed E-state index contributed by atoms with van der Waals surface area (Å²) in [7, 11) is 0. The molecule has 5 heteroatoms. The summed E-state index contributed by atoms with van der Waals surface area (Å²) in [6, 6.07) is 0.